The molecule has 2 aromatic heterocycles. The highest BCUT2D eigenvalue weighted by atomic mass is 32.2. The molecule has 0 saturated carbocycles. The molecule has 0 unspecified atom stereocenters. The van der Waals surface area contributed by atoms with Gasteiger partial charge in [0.25, 0.3) is 10.0 Å². The number of carbonyl (C=O) groups excluding carboxylic acids is 2. The molecule has 0 spiro atoms. The lowest BCUT2D eigenvalue weighted by atomic mass is 10.0. The molecule has 2 aliphatic heterocycles. The van der Waals surface area contributed by atoms with E-state index in [-0.39, 0.29) is 16.1 Å². The van der Waals surface area contributed by atoms with Gasteiger partial charge in [-0.25, -0.2) is 23.2 Å². The number of sulfonamides is 1. The van der Waals surface area contributed by atoms with Crippen molar-refractivity contribution >= 4 is 44.9 Å². The van der Waals surface area contributed by atoms with Crippen LogP contribution >= 0.6 is 11.3 Å². The third-order valence-electron chi connectivity index (χ3n) is 6.62. The smallest absolute Gasteiger partial charge is 0.317 e. The average Bonchev–Trinajstić information content (AvgIpc) is 3.59. The fourth-order valence-corrected chi connectivity index (χ4v) is 7.66. The number of hydrogen-bond acceptors (Lipinski definition) is 8. The van der Waals surface area contributed by atoms with Gasteiger partial charge in [0.05, 0.1) is 10.6 Å². The first-order chi connectivity index (χ1) is 18.8. The van der Waals surface area contributed by atoms with E-state index in [1.165, 1.54) is 18.3 Å². The van der Waals surface area contributed by atoms with Crippen LogP contribution in [0.25, 0.3) is 21.7 Å². The first kappa shape index (κ1) is 27.0. The van der Waals surface area contributed by atoms with Crippen LogP contribution in [0.15, 0.2) is 46.8 Å². The standard InChI is InChI=1S/C26H31N7O4S2/c1-18(34)30-20-7-5-6-19(16-20)21-17-29-25(27-10-14-32-15-11-28-26(32)35)31-24(21)22-8-9-23(38-22)39(36,37)33-12-3-2-4-13-33/h5-9,16-17H,2-4,10-15H2,1H3,(H,28,35)(H,30,34)(H,27,29,31). The molecule has 2 aliphatic rings. The monoisotopic (exact) mass is 569 g/mol. The second-order valence-corrected chi connectivity index (χ2v) is 12.7. The van der Waals surface area contributed by atoms with Crippen molar-refractivity contribution in [1.82, 2.24) is 24.5 Å². The van der Waals surface area contributed by atoms with Crippen molar-refractivity contribution in [3.8, 4) is 21.7 Å². The molecule has 0 radical (unpaired) electrons. The topological polar surface area (TPSA) is 137 Å². The van der Waals surface area contributed by atoms with Crippen LogP contribution in [-0.4, -0.2) is 78.8 Å². The van der Waals surface area contributed by atoms with E-state index in [9.17, 15) is 18.0 Å². The Hall–Kier alpha value is -3.55. The zero-order valence-corrected chi connectivity index (χ0v) is 23.3. The lowest BCUT2D eigenvalue weighted by Gasteiger charge is -2.25. The van der Waals surface area contributed by atoms with Gasteiger partial charge in [-0.3, -0.25) is 4.79 Å². The first-order valence-corrected chi connectivity index (χ1v) is 15.2. The number of rotatable bonds is 9. The Balaban J connectivity index is 1.47. The zero-order valence-electron chi connectivity index (χ0n) is 21.6. The number of amides is 3. The Morgan fingerprint density at radius 3 is 2.69 bits per heavy atom. The Morgan fingerprint density at radius 1 is 1.13 bits per heavy atom. The molecule has 5 rings (SSSR count). The lowest BCUT2D eigenvalue weighted by Crippen LogP contribution is -2.35. The van der Waals surface area contributed by atoms with Crippen LogP contribution in [-0.2, 0) is 14.8 Å². The summed E-state index contributed by atoms with van der Waals surface area (Å²) in [7, 11) is -3.58. The fraction of sp³-hybridized carbons (Fsp3) is 0.385. The molecule has 3 N–H and O–H groups in total. The normalized spacial score (nSPS) is 16.2. The van der Waals surface area contributed by atoms with Crippen molar-refractivity contribution in [3.63, 3.8) is 0 Å². The molecular formula is C26H31N7O4S2. The lowest BCUT2D eigenvalue weighted by molar-refractivity contribution is -0.114. The maximum absolute atomic E-state index is 13.3. The third-order valence-corrected chi connectivity index (χ3v) is 10.1. The van der Waals surface area contributed by atoms with Crippen LogP contribution in [0.2, 0.25) is 0 Å². The van der Waals surface area contributed by atoms with Gasteiger partial charge < -0.3 is 20.9 Å². The van der Waals surface area contributed by atoms with Gasteiger partial charge in [0.15, 0.2) is 0 Å². The van der Waals surface area contributed by atoms with Crippen LogP contribution in [0.3, 0.4) is 0 Å². The van der Waals surface area contributed by atoms with Gasteiger partial charge in [0, 0.05) is 63.6 Å². The predicted octanol–water partition coefficient (Wildman–Crippen LogP) is 3.44. The molecular weight excluding hydrogens is 538 g/mol. The van der Waals surface area contributed by atoms with Gasteiger partial charge in [0.2, 0.25) is 11.9 Å². The molecule has 11 nitrogen and oxygen atoms in total. The molecule has 4 heterocycles. The number of hydrogen-bond donors (Lipinski definition) is 3. The summed E-state index contributed by atoms with van der Waals surface area (Å²) < 4.78 is 28.5. The van der Waals surface area contributed by atoms with Crippen LogP contribution < -0.4 is 16.0 Å². The SMILES string of the molecule is CC(=O)Nc1cccc(-c2cnc(NCCN3CCNC3=O)nc2-c2ccc(S(=O)(=O)N3CCCCC3)s2)c1. The number of thiophene rings is 1. The number of urea groups is 1. The molecule has 0 atom stereocenters. The van der Waals surface area contributed by atoms with Crippen LogP contribution in [0, 0.1) is 0 Å². The van der Waals surface area contributed by atoms with E-state index in [1.54, 1.807) is 33.6 Å². The number of anilines is 2. The van der Waals surface area contributed by atoms with Crippen molar-refractivity contribution in [2.45, 2.75) is 30.4 Å². The Labute approximate surface area is 231 Å². The van der Waals surface area contributed by atoms with Gasteiger partial charge in [-0.15, -0.1) is 11.3 Å². The minimum atomic E-state index is -3.58. The van der Waals surface area contributed by atoms with E-state index in [0.29, 0.717) is 67.0 Å². The summed E-state index contributed by atoms with van der Waals surface area (Å²) in [5.41, 5.74) is 2.70. The Kier molecular flexibility index (Phi) is 8.10. The Bertz CT molecular complexity index is 1470. The fourth-order valence-electron chi connectivity index (χ4n) is 4.68. The molecule has 13 heteroatoms. The summed E-state index contributed by atoms with van der Waals surface area (Å²) in [6, 6.07) is 10.7. The first-order valence-electron chi connectivity index (χ1n) is 12.9. The molecule has 2 saturated heterocycles. The molecule has 0 bridgehead atoms. The number of piperidine rings is 1. The molecule has 3 aromatic rings. The largest absolute Gasteiger partial charge is 0.352 e. The highest BCUT2D eigenvalue weighted by Crippen LogP contribution is 2.38. The van der Waals surface area contributed by atoms with Crippen LogP contribution in [0.4, 0.5) is 16.4 Å². The summed E-state index contributed by atoms with van der Waals surface area (Å²) >= 11 is 1.18. The third kappa shape index (κ3) is 6.21. The minimum absolute atomic E-state index is 0.0890. The van der Waals surface area contributed by atoms with Crippen molar-refractivity contribution in [1.29, 1.82) is 0 Å². The minimum Gasteiger partial charge on any atom is -0.352 e. The molecule has 1 aromatic carbocycles. The van der Waals surface area contributed by atoms with E-state index < -0.39 is 10.0 Å². The summed E-state index contributed by atoms with van der Waals surface area (Å²) in [6.45, 7) is 4.77. The predicted molar refractivity (Wildman–Crippen MR) is 151 cm³/mol. The molecule has 0 aliphatic carbocycles. The van der Waals surface area contributed by atoms with Crippen LogP contribution in [0.1, 0.15) is 26.2 Å². The zero-order chi connectivity index (χ0) is 27.4. The number of carbonyl (C=O) groups is 2. The number of aromatic nitrogens is 2. The van der Waals surface area contributed by atoms with E-state index >= 15 is 0 Å². The second-order valence-electron chi connectivity index (χ2n) is 9.45. The van der Waals surface area contributed by atoms with E-state index in [1.807, 2.05) is 18.2 Å². The summed E-state index contributed by atoms with van der Waals surface area (Å²) in [6.07, 6.45) is 4.47. The van der Waals surface area contributed by atoms with Gasteiger partial charge in [-0.05, 0) is 42.7 Å². The van der Waals surface area contributed by atoms with E-state index in [2.05, 4.69) is 20.9 Å². The van der Waals surface area contributed by atoms with Gasteiger partial charge in [-0.2, -0.15) is 4.31 Å². The Morgan fingerprint density at radius 2 is 1.95 bits per heavy atom. The average molecular weight is 570 g/mol. The highest BCUT2D eigenvalue weighted by molar-refractivity contribution is 7.91. The summed E-state index contributed by atoms with van der Waals surface area (Å²) in [5, 5.41) is 8.76. The van der Waals surface area contributed by atoms with Gasteiger partial charge in [-0.1, -0.05) is 18.6 Å². The van der Waals surface area contributed by atoms with Gasteiger partial charge >= 0.3 is 6.03 Å². The van der Waals surface area contributed by atoms with Gasteiger partial charge in [0.1, 0.15) is 4.21 Å². The van der Waals surface area contributed by atoms with Crippen LogP contribution in [0.5, 0.6) is 0 Å². The second kappa shape index (κ2) is 11.7. The maximum atomic E-state index is 13.3. The van der Waals surface area contributed by atoms with Crippen molar-refractivity contribution in [3.05, 3.63) is 42.6 Å². The number of nitrogens with zero attached hydrogens (tertiary/aromatic N) is 4. The molecule has 206 valence electrons. The number of nitrogens with one attached hydrogen (secondary N) is 3. The molecule has 3 amide bonds. The molecule has 39 heavy (non-hydrogen) atoms. The van der Waals surface area contributed by atoms with Crippen molar-refractivity contribution in [2.75, 3.05) is 49.9 Å². The molecule has 2 fully saturated rings. The quantitative estimate of drug-likeness (QED) is 0.359. The van der Waals surface area contributed by atoms with Crippen molar-refractivity contribution in [2.24, 2.45) is 0 Å². The van der Waals surface area contributed by atoms with Crippen molar-refractivity contribution < 1.29 is 18.0 Å². The highest BCUT2D eigenvalue weighted by Gasteiger charge is 2.28. The van der Waals surface area contributed by atoms with E-state index in [4.69, 9.17) is 4.98 Å². The number of benzene rings is 1. The maximum Gasteiger partial charge on any atom is 0.317 e. The summed E-state index contributed by atoms with van der Waals surface area (Å²) in [5.74, 6) is 0.195. The van der Waals surface area contributed by atoms with E-state index in [0.717, 1.165) is 24.8 Å². The summed E-state index contributed by atoms with van der Waals surface area (Å²) in [4.78, 5) is 35.1.